The van der Waals surface area contributed by atoms with Crippen molar-refractivity contribution in [1.29, 1.82) is 0 Å². The van der Waals surface area contributed by atoms with E-state index in [1.54, 1.807) is 23.5 Å². The molecule has 0 spiro atoms. The van der Waals surface area contributed by atoms with E-state index >= 15 is 0 Å². The normalized spacial score (nSPS) is 16.7. The summed E-state index contributed by atoms with van der Waals surface area (Å²) in [5, 5.41) is 3.21. The third-order valence-corrected chi connectivity index (χ3v) is 5.51. The molecule has 2 aliphatic rings. The van der Waals surface area contributed by atoms with Crippen molar-refractivity contribution in [3.8, 4) is 16.9 Å². The molecule has 7 nitrogen and oxygen atoms in total. The maximum absolute atomic E-state index is 13.4. The Kier molecular flexibility index (Phi) is 3.81. The van der Waals surface area contributed by atoms with Gasteiger partial charge in [-0.3, -0.25) is 9.69 Å². The smallest absolute Gasteiger partial charge is 0.241 e. The maximum atomic E-state index is 13.4. The van der Waals surface area contributed by atoms with E-state index in [4.69, 9.17) is 4.74 Å². The molecule has 0 aliphatic carbocycles. The highest BCUT2D eigenvalue weighted by Crippen LogP contribution is 2.47. The molecule has 1 N–H and O–H groups in total. The second kappa shape index (κ2) is 6.27. The minimum Gasteiger partial charge on any atom is -0.488 e. The lowest BCUT2D eigenvalue weighted by Gasteiger charge is -2.23. The van der Waals surface area contributed by atoms with Gasteiger partial charge in [-0.2, -0.15) is 0 Å². The number of aryl methyl sites for hydroxylation is 1. The third kappa shape index (κ3) is 2.73. The number of nitrogens with zero attached hydrogens (tertiary/aromatic N) is 4. The van der Waals surface area contributed by atoms with Crippen LogP contribution >= 0.6 is 0 Å². The van der Waals surface area contributed by atoms with Gasteiger partial charge in [0.05, 0.1) is 29.5 Å². The number of benzene rings is 1. The topological polar surface area (TPSA) is 80.2 Å². The van der Waals surface area contributed by atoms with Gasteiger partial charge >= 0.3 is 0 Å². The number of hydrogen-bond donors (Lipinski definition) is 1. The Morgan fingerprint density at radius 1 is 1.07 bits per heavy atom. The SMILES string of the molecule is Cc1ncc(-c2ccc3c(c2)N(c2cnc4c(c2)OCCN4)C(=O)C3(C)C)cn1. The number of rotatable bonds is 2. The van der Waals surface area contributed by atoms with E-state index in [2.05, 4.69) is 20.3 Å². The minimum atomic E-state index is -0.632. The first kappa shape index (κ1) is 17.6. The Morgan fingerprint density at radius 3 is 2.66 bits per heavy atom. The fraction of sp³-hybridized carbons (Fsp3) is 0.273. The highest BCUT2D eigenvalue weighted by Gasteiger charge is 2.45. The monoisotopic (exact) mass is 387 g/mol. The molecule has 4 heterocycles. The Balaban J connectivity index is 1.64. The Bertz CT molecular complexity index is 1120. The largest absolute Gasteiger partial charge is 0.488 e. The third-order valence-electron chi connectivity index (χ3n) is 5.51. The van der Waals surface area contributed by atoms with Crippen LogP contribution in [-0.4, -0.2) is 34.0 Å². The van der Waals surface area contributed by atoms with Crippen LogP contribution in [0.4, 0.5) is 17.2 Å². The summed E-state index contributed by atoms with van der Waals surface area (Å²) >= 11 is 0. The lowest BCUT2D eigenvalue weighted by Crippen LogP contribution is -2.33. The number of carbonyl (C=O) groups excluding carboxylic acids is 1. The first-order valence-corrected chi connectivity index (χ1v) is 9.60. The summed E-state index contributed by atoms with van der Waals surface area (Å²) in [5.74, 6) is 2.10. The van der Waals surface area contributed by atoms with Crippen molar-refractivity contribution in [2.24, 2.45) is 0 Å². The lowest BCUT2D eigenvalue weighted by molar-refractivity contribution is -0.121. The molecular weight excluding hydrogens is 366 g/mol. The van der Waals surface area contributed by atoms with E-state index in [0.717, 1.165) is 34.7 Å². The van der Waals surface area contributed by atoms with E-state index in [1.165, 1.54) is 0 Å². The predicted molar refractivity (Wildman–Crippen MR) is 111 cm³/mol. The van der Waals surface area contributed by atoms with Crippen LogP contribution < -0.4 is 15.0 Å². The number of nitrogens with one attached hydrogen (secondary N) is 1. The molecule has 0 unspecified atom stereocenters. The Hall–Kier alpha value is -3.48. The van der Waals surface area contributed by atoms with Crippen LogP contribution in [0.1, 0.15) is 25.2 Å². The molecular formula is C22H21N5O2. The maximum Gasteiger partial charge on any atom is 0.241 e. The van der Waals surface area contributed by atoms with E-state index in [-0.39, 0.29) is 5.91 Å². The van der Waals surface area contributed by atoms with Crippen molar-refractivity contribution in [2.45, 2.75) is 26.2 Å². The molecule has 0 fully saturated rings. The van der Waals surface area contributed by atoms with Crippen LogP contribution in [0.5, 0.6) is 5.75 Å². The molecule has 29 heavy (non-hydrogen) atoms. The summed E-state index contributed by atoms with van der Waals surface area (Å²) in [4.78, 5) is 28.1. The van der Waals surface area contributed by atoms with Crippen molar-refractivity contribution < 1.29 is 9.53 Å². The number of aromatic nitrogens is 3. The van der Waals surface area contributed by atoms with Gasteiger partial charge in [0.2, 0.25) is 5.91 Å². The molecule has 0 bridgehead atoms. The molecule has 0 saturated carbocycles. The zero-order valence-electron chi connectivity index (χ0n) is 16.6. The van der Waals surface area contributed by atoms with Gasteiger partial charge in [0, 0.05) is 24.0 Å². The standard InChI is InChI=1S/C22H21N5O2/c1-13-24-10-15(11-25-13)14-4-5-17-18(8-14)27(21(28)22(17,2)3)16-9-19-20(26-12-16)23-6-7-29-19/h4-5,8-12H,6-7H2,1-3H3,(H,23,26). The molecule has 2 aromatic heterocycles. The Labute approximate surface area is 168 Å². The first-order valence-electron chi connectivity index (χ1n) is 9.60. The fourth-order valence-corrected chi connectivity index (χ4v) is 3.86. The summed E-state index contributed by atoms with van der Waals surface area (Å²) in [6, 6.07) is 7.93. The summed E-state index contributed by atoms with van der Waals surface area (Å²) in [5.41, 5.74) is 3.77. The summed E-state index contributed by atoms with van der Waals surface area (Å²) in [7, 11) is 0. The molecule has 0 saturated heterocycles. The average Bonchev–Trinajstić information content (AvgIpc) is 2.93. The van der Waals surface area contributed by atoms with Gasteiger partial charge in [-0.25, -0.2) is 15.0 Å². The quantitative estimate of drug-likeness (QED) is 0.724. The predicted octanol–water partition coefficient (Wildman–Crippen LogP) is 3.61. The fourth-order valence-electron chi connectivity index (χ4n) is 3.86. The number of anilines is 3. The number of carbonyl (C=O) groups is 1. The van der Waals surface area contributed by atoms with Gasteiger partial charge in [-0.15, -0.1) is 0 Å². The zero-order valence-corrected chi connectivity index (χ0v) is 16.6. The number of ether oxygens (including phenoxy) is 1. The van der Waals surface area contributed by atoms with Gasteiger partial charge in [-0.1, -0.05) is 12.1 Å². The van der Waals surface area contributed by atoms with Gasteiger partial charge in [0.1, 0.15) is 12.4 Å². The van der Waals surface area contributed by atoms with Crippen LogP contribution in [0.2, 0.25) is 0 Å². The molecule has 5 rings (SSSR count). The van der Waals surface area contributed by atoms with Gasteiger partial charge in [-0.05, 0) is 38.0 Å². The first-order chi connectivity index (χ1) is 13.9. The number of hydrogen-bond acceptors (Lipinski definition) is 6. The summed E-state index contributed by atoms with van der Waals surface area (Å²) in [6.45, 7) is 7.06. The molecule has 0 radical (unpaired) electrons. The molecule has 7 heteroatoms. The van der Waals surface area contributed by atoms with Crippen molar-refractivity contribution in [1.82, 2.24) is 15.0 Å². The van der Waals surface area contributed by atoms with E-state index in [0.29, 0.717) is 23.9 Å². The number of pyridine rings is 1. The van der Waals surface area contributed by atoms with Crippen molar-refractivity contribution in [3.05, 3.63) is 54.2 Å². The Morgan fingerprint density at radius 2 is 1.86 bits per heavy atom. The second-order valence-corrected chi connectivity index (χ2v) is 7.83. The van der Waals surface area contributed by atoms with Crippen LogP contribution in [0.25, 0.3) is 11.1 Å². The highest BCUT2D eigenvalue weighted by molar-refractivity contribution is 6.13. The van der Waals surface area contributed by atoms with E-state index in [9.17, 15) is 4.79 Å². The van der Waals surface area contributed by atoms with Crippen LogP contribution in [-0.2, 0) is 10.2 Å². The average molecular weight is 387 g/mol. The number of amides is 1. The van der Waals surface area contributed by atoms with Crippen LogP contribution in [0.3, 0.4) is 0 Å². The molecule has 3 aromatic rings. The van der Waals surface area contributed by atoms with Crippen molar-refractivity contribution in [3.63, 3.8) is 0 Å². The van der Waals surface area contributed by atoms with Gasteiger partial charge in [0.25, 0.3) is 0 Å². The number of fused-ring (bicyclic) bond motifs is 2. The van der Waals surface area contributed by atoms with Crippen LogP contribution in [0.15, 0.2) is 42.9 Å². The molecule has 0 atom stereocenters. The lowest BCUT2D eigenvalue weighted by atomic mass is 9.85. The van der Waals surface area contributed by atoms with Crippen LogP contribution in [0, 0.1) is 6.92 Å². The second-order valence-electron chi connectivity index (χ2n) is 7.83. The molecule has 1 amide bonds. The molecule has 146 valence electrons. The van der Waals surface area contributed by atoms with Crippen molar-refractivity contribution >= 4 is 23.1 Å². The van der Waals surface area contributed by atoms with Gasteiger partial charge in [0.15, 0.2) is 11.6 Å². The van der Waals surface area contributed by atoms with E-state index < -0.39 is 5.41 Å². The minimum absolute atomic E-state index is 0.00956. The summed E-state index contributed by atoms with van der Waals surface area (Å²) < 4.78 is 5.72. The zero-order chi connectivity index (χ0) is 20.2. The highest BCUT2D eigenvalue weighted by atomic mass is 16.5. The van der Waals surface area contributed by atoms with Crippen molar-refractivity contribution in [2.75, 3.05) is 23.4 Å². The van der Waals surface area contributed by atoms with Gasteiger partial charge < -0.3 is 10.1 Å². The molecule has 1 aromatic carbocycles. The summed E-state index contributed by atoms with van der Waals surface area (Å²) in [6.07, 6.45) is 5.32. The molecule has 2 aliphatic heterocycles. The van der Waals surface area contributed by atoms with E-state index in [1.807, 2.05) is 45.0 Å².